The van der Waals surface area contributed by atoms with Gasteiger partial charge in [-0.1, -0.05) is 50.9 Å². The first-order valence-corrected chi connectivity index (χ1v) is 4.50. The summed E-state index contributed by atoms with van der Waals surface area (Å²) < 4.78 is 23.5. The van der Waals surface area contributed by atoms with Crippen molar-refractivity contribution in [2.75, 3.05) is 6.61 Å². The Bertz CT molecular complexity index is 189. The van der Waals surface area contributed by atoms with Crippen LogP contribution in [0, 0.1) is 5.92 Å². The monoisotopic (exact) mass is 292 g/mol. The van der Waals surface area contributed by atoms with Crippen LogP contribution in [0.25, 0.3) is 0 Å². The van der Waals surface area contributed by atoms with Crippen molar-refractivity contribution >= 4 is 12.6 Å². The van der Waals surface area contributed by atoms with E-state index in [1.807, 2.05) is 13.8 Å². The molecule has 0 aliphatic rings. The minimum Gasteiger partial charge on any atom is -0.394 e. The Balaban J connectivity index is -0.0000000307. The number of carbonyl (C=O) groups is 2. The molecule has 5 heteroatoms. The molecule has 5 nitrogen and oxygen atoms in total. The molecule has 19 heavy (non-hydrogen) atoms. The van der Waals surface area contributed by atoms with Gasteiger partial charge in [0, 0.05) is 5.48 Å². The highest BCUT2D eigenvalue weighted by Gasteiger charge is 2.01. The van der Waals surface area contributed by atoms with E-state index in [0.29, 0.717) is 12.2 Å². The van der Waals surface area contributed by atoms with E-state index in [1.54, 1.807) is 0 Å². The summed E-state index contributed by atoms with van der Waals surface area (Å²) in [5.74, 6) is 0.523. The van der Waals surface area contributed by atoms with Gasteiger partial charge in [-0.05, 0) is 12.3 Å². The molecule has 0 heterocycles. The molecule has 0 aromatic heterocycles. The standard InChI is InChI=1S/C6H13NO.C3H7NO2.5CH4/c1-5(2)3-6(7)4-8;4-3(1-5)2-6;;;;;/h4-6H,3,7H2,1-2H3;1,3,6H,2,4H2;5*1H4/t6-;3-;;;;;/m10...../s1/i;;2*1T2;;;. The summed E-state index contributed by atoms with van der Waals surface area (Å²) in [4.78, 5) is 19.4. The van der Waals surface area contributed by atoms with Gasteiger partial charge in [0.1, 0.15) is 12.6 Å². The molecule has 124 valence electrons. The highest BCUT2D eigenvalue weighted by molar-refractivity contribution is 5.57. The second-order valence-corrected chi connectivity index (χ2v) is 3.41. The van der Waals surface area contributed by atoms with Gasteiger partial charge in [0.05, 0.1) is 18.7 Å². The molecule has 0 spiro atoms. The second-order valence-electron chi connectivity index (χ2n) is 3.41. The van der Waals surface area contributed by atoms with Gasteiger partial charge in [0.15, 0.2) is 0 Å². The predicted molar refractivity (Wildman–Crippen MR) is 88.3 cm³/mol. The molecule has 0 saturated heterocycles. The maximum atomic E-state index is 9.92. The highest BCUT2D eigenvalue weighted by Crippen LogP contribution is 1.99. The second kappa shape index (κ2) is 30.3. The summed E-state index contributed by atoms with van der Waals surface area (Å²) in [5, 5.41) is 7.98. The lowest BCUT2D eigenvalue weighted by Gasteiger charge is -2.04. The zero-order chi connectivity index (χ0) is 17.0. The number of carbonyl (C=O) groups excluding carboxylic acids is 2. The van der Waals surface area contributed by atoms with E-state index in [9.17, 15) is 9.59 Å². The summed E-state index contributed by atoms with van der Waals surface area (Å²) in [7, 11) is -0.500. The highest BCUT2D eigenvalue weighted by atomic mass is 16.3. The Kier molecular flexibility index (Phi) is 37.2. The van der Waals surface area contributed by atoms with Crippen molar-refractivity contribution < 1.29 is 20.2 Å². The molecular weight excluding hydrogens is 244 g/mol. The smallest absolute Gasteiger partial charge is 0.139 e. The van der Waals surface area contributed by atoms with Crippen LogP contribution >= 0.6 is 0 Å². The van der Waals surface area contributed by atoms with Crippen LogP contribution < -0.4 is 11.5 Å². The van der Waals surface area contributed by atoms with Gasteiger partial charge in [-0.15, -0.1) is 0 Å². The first kappa shape index (κ1) is 23.3. The molecule has 0 radical (unpaired) electrons. The van der Waals surface area contributed by atoms with Crippen molar-refractivity contribution in [3.8, 4) is 0 Å². The molecule has 0 aliphatic carbocycles. The van der Waals surface area contributed by atoms with Crippen LogP contribution in [0.2, 0.25) is 0 Å². The number of aliphatic hydroxyl groups excluding tert-OH is 1. The van der Waals surface area contributed by atoms with E-state index in [2.05, 4.69) is 0 Å². The van der Waals surface area contributed by atoms with Crippen LogP contribution in [0.3, 0.4) is 0 Å². The van der Waals surface area contributed by atoms with Crippen molar-refractivity contribution in [2.45, 2.75) is 69.4 Å². The van der Waals surface area contributed by atoms with Gasteiger partial charge in [-0.2, -0.15) is 0 Å². The lowest BCUT2D eigenvalue weighted by atomic mass is 10.1. The fraction of sp³-hybridized carbons (Fsp3) is 0.857. The van der Waals surface area contributed by atoms with Crippen molar-refractivity contribution in [3.05, 3.63) is 0 Å². The summed E-state index contributed by atoms with van der Waals surface area (Å²) in [6, 6.07) is -0.944. The van der Waals surface area contributed by atoms with Crippen LogP contribution in [-0.4, -0.2) is 36.4 Å². The molecule has 0 aromatic rings. The fourth-order valence-corrected chi connectivity index (χ4v) is 0.643. The minimum atomic E-state index is -0.690. The molecule has 0 amide bonds. The van der Waals surface area contributed by atoms with Crippen LogP contribution in [0.1, 0.15) is 62.8 Å². The average Bonchev–Trinajstić information content (AvgIpc) is 2.39. The predicted octanol–water partition coefficient (Wildman–Crippen LogP) is 2.24. The SMILES string of the molecule is C.C.C.CC(C)C[C@@H](N)C=O.N[C@@H](C=O)CO.[3H]C[3H].[3H]C[3H]. The minimum absolute atomic E-state index is 0. The lowest BCUT2D eigenvalue weighted by Crippen LogP contribution is -2.25. The Morgan fingerprint density at radius 3 is 1.42 bits per heavy atom. The molecule has 0 aromatic carbocycles. The van der Waals surface area contributed by atoms with Gasteiger partial charge < -0.3 is 26.2 Å². The molecule has 5 N–H and O–H groups in total. The van der Waals surface area contributed by atoms with Gasteiger partial charge in [-0.3, -0.25) is 0 Å². The normalized spacial score (nSPS) is 12.3. The van der Waals surface area contributed by atoms with E-state index in [-0.39, 0.29) is 49.7 Å². The lowest BCUT2D eigenvalue weighted by molar-refractivity contribution is -0.110. The number of aldehydes is 2. The zero-order valence-corrected chi connectivity index (χ0v) is 10.1. The summed E-state index contributed by atoms with van der Waals surface area (Å²) in [6.07, 6.45) is 2.09. The first-order chi connectivity index (χ1) is 9.30. The van der Waals surface area contributed by atoms with Crippen molar-refractivity contribution in [3.63, 3.8) is 0 Å². The van der Waals surface area contributed by atoms with Crippen LogP contribution in [-0.2, 0) is 9.59 Å². The quantitative estimate of drug-likeness (QED) is 0.674. The van der Waals surface area contributed by atoms with E-state index in [1.165, 1.54) is 0 Å². The van der Waals surface area contributed by atoms with Gasteiger partial charge in [0.2, 0.25) is 0 Å². The van der Waals surface area contributed by atoms with Crippen LogP contribution in [0.4, 0.5) is 0 Å². The number of rotatable bonds is 5. The Morgan fingerprint density at radius 2 is 1.37 bits per heavy atom. The summed E-state index contributed by atoms with van der Waals surface area (Å²) in [5.41, 5.74) is 10.2. The Morgan fingerprint density at radius 1 is 1.05 bits per heavy atom. The largest absolute Gasteiger partial charge is 0.394 e. The maximum absolute atomic E-state index is 9.92. The molecule has 0 rings (SSSR count). The molecular formula is C14H40N2O3. The number of nitrogens with two attached hydrogens (primary N) is 2. The van der Waals surface area contributed by atoms with Crippen molar-refractivity contribution in [2.24, 2.45) is 17.4 Å². The van der Waals surface area contributed by atoms with E-state index in [0.717, 1.165) is 12.7 Å². The Hall–Kier alpha value is -0.780. The molecule has 0 unspecified atom stereocenters. The third-order valence-corrected chi connectivity index (χ3v) is 1.30. The zero-order valence-electron chi connectivity index (χ0n) is 14.1. The van der Waals surface area contributed by atoms with E-state index in [4.69, 9.17) is 22.1 Å². The van der Waals surface area contributed by atoms with Gasteiger partial charge >= 0.3 is 0 Å². The average molecular weight is 293 g/mol. The Labute approximate surface area is 127 Å². The summed E-state index contributed by atoms with van der Waals surface area (Å²) in [6.45, 7) is 3.83. The van der Waals surface area contributed by atoms with Gasteiger partial charge in [0.25, 0.3) is 0 Å². The van der Waals surface area contributed by atoms with Crippen LogP contribution in [0.5, 0.6) is 0 Å². The van der Waals surface area contributed by atoms with Crippen LogP contribution in [0.15, 0.2) is 0 Å². The molecule has 0 aliphatic heterocycles. The number of aliphatic hydroxyl groups is 1. The van der Waals surface area contributed by atoms with E-state index >= 15 is 0 Å². The molecule has 0 fully saturated rings. The summed E-state index contributed by atoms with van der Waals surface area (Å²) >= 11 is 0. The number of hydrogen-bond donors (Lipinski definition) is 3. The van der Waals surface area contributed by atoms with Crippen molar-refractivity contribution in [1.82, 2.24) is 0 Å². The molecule has 0 bridgehead atoms. The number of hydrogen-bond acceptors (Lipinski definition) is 5. The topological polar surface area (TPSA) is 106 Å². The third kappa shape index (κ3) is 46.9. The van der Waals surface area contributed by atoms with Crippen molar-refractivity contribution in [1.29, 1.82) is 0 Å². The maximum Gasteiger partial charge on any atom is 0.139 e. The third-order valence-electron chi connectivity index (χ3n) is 1.30. The van der Waals surface area contributed by atoms with E-state index < -0.39 is 6.04 Å². The first-order valence-electron chi connectivity index (χ1n) is 7.33. The fourth-order valence-electron chi connectivity index (χ4n) is 0.643. The molecule has 0 saturated carbocycles. The molecule has 2 atom stereocenters. The van der Waals surface area contributed by atoms with Gasteiger partial charge in [-0.25, -0.2) is 0 Å².